The molecule has 0 unspecified atom stereocenters. The molecule has 170 valence electrons. The molecule has 1 heterocycles. The van der Waals surface area contributed by atoms with Crippen LogP contribution in [-0.2, 0) is 0 Å². The van der Waals surface area contributed by atoms with Crippen molar-refractivity contribution >= 4 is 23.3 Å². The standard InChI is InChI=1S/C26H26N2O5/c1-33-24-16-20(26(31)32)22(15-19(24)17-8-4-2-5-9-17)27-25(30)21-14-18(10-11-23(21)29)28-12-6-3-7-13-28/h2,4-5,8-11,14-16,29H,3,6-7,12-13H2,1H3,(H,27,30)(H,31,32). The number of methoxy groups -OCH3 is 1. The number of aromatic hydroxyl groups is 1. The predicted octanol–water partition coefficient (Wildman–Crippen LogP) is 5.01. The predicted molar refractivity (Wildman–Crippen MR) is 128 cm³/mol. The first-order valence-electron chi connectivity index (χ1n) is 10.9. The summed E-state index contributed by atoms with van der Waals surface area (Å²) in [5, 5.41) is 22.8. The van der Waals surface area contributed by atoms with Crippen molar-refractivity contribution in [3.8, 4) is 22.6 Å². The van der Waals surface area contributed by atoms with Gasteiger partial charge in [0.1, 0.15) is 11.5 Å². The molecule has 0 bridgehead atoms. The molecule has 0 spiro atoms. The second kappa shape index (κ2) is 9.65. The molecule has 3 N–H and O–H groups in total. The Labute approximate surface area is 192 Å². The summed E-state index contributed by atoms with van der Waals surface area (Å²) >= 11 is 0. The van der Waals surface area contributed by atoms with Crippen LogP contribution in [0.4, 0.5) is 11.4 Å². The lowest BCUT2D eigenvalue weighted by molar-refractivity contribution is 0.0697. The molecule has 1 fully saturated rings. The van der Waals surface area contributed by atoms with E-state index in [-0.39, 0.29) is 22.6 Å². The minimum absolute atomic E-state index is 0.0893. The van der Waals surface area contributed by atoms with Gasteiger partial charge in [-0.3, -0.25) is 4.79 Å². The Balaban J connectivity index is 1.71. The van der Waals surface area contributed by atoms with Crippen LogP contribution in [0.25, 0.3) is 11.1 Å². The average Bonchev–Trinajstić information content (AvgIpc) is 2.85. The number of anilines is 2. The van der Waals surface area contributed by atoms with E-state index in [0.717, 1.165) is 37.2 Å². The Morgan fingerprint density at radius 3 is 2.33 bits per heavy atom. The lowest BCUT2D eigenvalue weighted by atomic mass is 10.0. The topological polar surface area (TPSA) is 99.1 Å². The highest BCUT2D eigenvalue weighted by molar-refractivity contribution is 6.10. The summed E-state index contributed by atoms with van der Waals surface area (Å²) in [6.45, 7) is 1.79. The van der Waals surface area contributed by atoms with Gasteiger partial charge in [0.05, 0.1) is 23.9 Å². The Morgan fingerprint density at radius 1 is 0.939 bits per heavy atom. The van der Waals surface area contributed by atoms with Gasteiger partial charge in [-0.15, -0.1) is 0 Å². The summed E-state index contributed by atoms with van der Waals surface area (Å²) < 4.78 is 5.42. The second-order valence-electron chi connectivity index (χ2n) is 7.97. The summed E-state index contributed by atoms with van der Waals surface area (Å²) in [6.07, 6.45) is 3.35. The first-order chi connectivity index (χ1) is 16.0. The van der Waals surface area contributed by atoms with Crippen molar-refractivity contribution in [3.05, 3.63) is 71.8 Å². The summed E-state index contributed by atoms with van der Waals surface area (Å²) in [6, 6.07) is 17.3. The lowest BCUT2D eigenvalue weighted by Crippen LogP contribution is -2.29. The fraction of sp³-hybridized carbons (Fsp3) is 0.231. The number of carboxylic acid groups (broad SMARTS) is 1. The lowest BCUT2D eigenvalue weighted by Gasteiger charge is -2.29. The third-order valence-corrected chi connectivity index (χ3v) is 5.85. The van der Waals surface area contributed by atoms with Gasteiger partial charge in [-0.25, -0.2) is 4.79 Å². The molecule has 33 heavy (non-hydrogen) atoms. The molecular formula is C26H26N2O5. The van der Waals surface area contributed by atoms with E-state index < -0.39 is 11.9 Å². The van der Waals surface area contributed by atoms with E-state index in [0.29, 0.717) is 11.3 Å². The van der Waals surface area contributed by atoms with E-state index in [2.05, 4.69) is 10.2 Å². The van der Waals surface area contributed by atoms with Crippen molar-refractivity contribution in [3.63, 3.8) is 0 Å². The average molecular weight is 447 g/mol. The minimum Gasteiger partial charge on any atom is -0.507 e. The second-order valence-corrected chi connectivity index (χ2v) is 7.97. The molecule has 0 radical (unpaired) electrons. The summed E-state index contributed by atoms with van der Waals surface area (Å²) in [7, 11) is 1.47. The van der Waals surface area contributed by atoms with E-state index in [1.54, 1.807) is 18.2 Å². The maximum atomic E-state index is 13.1. The van der Waals surface area contributed by atoms with E-state index in [9.17, 15) is 19.8 Å². The molecule has 0 saturated carbocycles. The number of aromatic carboxylic acids is 1. The van der Waals surface area contributed by atoms with Crippen LogP contribution in [0.1, 0.15) is 40.0 Å². The fourth-order valence-corrected chi connectivity index (χ4v) is 4.12. The zero-order valence-electron chi connectivity index (χ0n) is 18.4. The molecule has 1 amide bonds. The van der Waals surface area contributed by atoms with Gasteiger partial charge in [0.25, 0.3) is 5.91 Å². The number of amides is 1. The largest absolute Gasteiger partial charge is 0.507 e. The zero-order chi connectivity index (χ0) is 23.4. The molecule has 3 aromatic carbocycles. The number of hydrogen-bond acceptors (Lipinski definition) is 5. The third-order valence-electron chi connectivity index (χ3n) is 5.85. The first kappa shape index (κ1) is 22.2. The number of carboxylic acids is 1. The Hall–Kier alpha value is -4.00. The van der Waals surface area contributed by atoms with Gasteiger partial charge >= 0.3 is 5.97 Å². The Kier molecular flexibility index (Phi) is 6.49. The zero-order valence-corrected chi connectivity index (χ0v) is 18.4. The number of carbonyl (C=O) groups is 2. The van der Waals surface area contributed by atoms with Crippen LogP contribution >= 0.6 is 0 Å². The van der Waals surface area contributed by atoms with Crippen LogP contribution in [0.5, 0.6) is 11.5 Å². The molecule has 0 aromatic heterocycles. The van der Waals surface area contributed by atoms with Crippen LogP contribution in [0.15, 0.2) is 60.7 Å². The summed E-state index contributed by atoms with van der Waals surface area (Å²) in [5.74, 6) is -1.57. The minimum atomic E-state index is -1.20. The van der Waals surface area contributed by atoms with Crippen LogP contribution in [0, 0.1) is 0 Å². The molecule has 0 atom stereocenters. The monoisotopic (exact) mass is 446 g/mol. The maximum absolute atomic E-state index is 13.1. The number of phenols is 1. The van der Waals surface area contributed by atoms with Crippen LogP contribution < -0.4 is 15.0 Å². The van der Waals surface area contributed by atoms with E-state index >= 15 is 0 Å². The highest BCUT2D eigenvalue weighted by Gasteiger charge is 2.21. The molecule has 7 nitrogen and oxygen atoms in total. The molecule has 1 saturated heterocycles. The van der Waals surface area contributed by atoms with Crippen molar-refractivity contribution < 1.29 is 24.5 Å². The van der Waals surface area contributed by atoms with Crippen molar-refractivity contribution in [2.24, 2.45) is 0 Å². The van der Waals surface area contributed by atoms with Gasteiger partial charge in [-0.05, 0) is 55.2 Å². The smallest absolute Gasteiger partial charge is 0.337 e. The molecule has 4 rings (SSSR count). The van der Waals surface area contributed by atoms with Gasteiger partial charge in [0.15, 0.2) is 0 Å². The Morgan fingerprint density at radius 2 is 1.67 bits per heavy atom. The highest BCUT2D eigenvalue weighted by Crippen LogP contribution is 2.36. The number of benzene rings is 3. The molecule has 1 aliphatic rings. The van der Waals surface area contributed by atoms with Gasteiger partial charge in [-0.2, -0.15) is 0 Å². The summed E-state index contributed by atoms with van der Waals surface area (Å²) in [4.78, 5) is 27.2. The number of nitrogens with one attached hydrogen (secondary N) is 1. The number of piperidine rings is 1. The molecular weight excluding hydrogens is 420 g/mol. The van der Waals surface area contributed by atoms with Gasteiger partial charge in [-0.1, -0.05) is 30.3 Å². The first-order valence-corrected chi connectivity index (χ1v) is 10.9. The van der Waals surface area contributed by atoms with E-state index in [1.165, 1.54) is 25.7 Å². The molecule has 3 aromatic rings. The quantitative estimate of drug-likeness (QED) is 0.492. The number of phenolic OH excluding ortho intramolecular Hbond substituents is 1. The van der Waals surface area contributed by atoms with Crippen LogP contribution in [0.3, 0.4) is 0 Å². The maximum Gasteiger partial charge on any atom is 0.337 e. The van der Waals surface area contributed by atoms with Crippen LogP contribution in [0.2, 0.25) is 0 Å². The number of rotatable bonds is 6. The number of nitrogens with zero attached hydrogens (tertiary/aromatic N) is 1. The highest BCUT2D eigenvalue weighted by atomic mass is 16.5. The third kappa shape index (κ3) is 4.77. The van der Waals surface area contributed by atoms with Crippen molar-refractivity contribution in [1.29, 1.82) is 0 Å². The van der Waals surface area contributed by atoms with Crippen molar-refractivity contribution in [2.75, 3.05) is 30.4 Å². The van der Waals surface area contributed by atoms with Crippen molar-refractivity contribution in [1.82, 2.24) is 0 Å². The Bertz CT molecular complexity index is 1170. The van der Waals surface area contributed by atoms with Gasteiger partial charge in [0, 0.05) is 24.3 Å². The van der Waals surface area contributed by atoms with Gasteiger partial charge < -0.3 is 25.2 Å². The molecule has 7 heteroatoms. The fourth-order valence-electron chi connectivity index (χ4n) is 4.12. The number of hydrogen-bond donors (Lipinski definition) is 3. The number of ether oxygens (including phenoxy) is 1. The molecule has 1 aliphatic heterocycles. The van der Waals surface area contributed by atoms with E-state index in [1.807, 2.05) is 30.3 Å². The van der Waals surface area contributed by atoms with Crippen LogP contribution in [-0.4, -0.2) is 42.3 Å². The van der Waals surface area contributed by atoms with Crippen molar-refractivity contribution in [2.45, 2.75) is 19.3 Å². The summed E-state index contributed by atoms with van der Waals surface area (Å²) in [5.41, 5.74) is 2.42. The SMILES string of the molecule is COc1cc(C(=O)O)c(NC(=O)c2cc(N3CCCCC3)ccc2O)cc1-c1ccccc1. The van der Waals surface area contributed by atoms with E-state index in [4.69, 9.17) is 4.74 Å². The molecule has 0 aliphatic carbocycles. The number of carbonyl (C=O) groups excluding carboxylic acids is 1. The normalized spacial score (nSPS) is 13.4. The van der Waals surface area contributed by atoms with Gasteiger partial charge in [0.2, 0.25) is 0 Å².